The highest BCUT2D eigenvalue weighted by atomic mass is 16.5. The van der Waals surface area contributed by atoms with Gasteiger partial charge in [-0.1, -0.05) is 38.1 Å². The summed E-state index contributed by atoms with van der Waals surface area (Å²) in [7, 11) is 0. The van der Waals surface area contributed by atoms with Crippen molar-refractivity contribution in [1.82, 2.24) is 0 Å². The third kappa shape index (κ3) is 3.57. The molecule has 1 aromatic rings. The maximum absolute atomic E-state index is 12.0. The predicted octanol–water partition coefficient (Wildman–Crippen LogP) is 2.98. The Bertz CT molecular complexity index is 442. The average molecular weight is 261 g/mol. The van der Waals surface area contributed by atoms with Gasteiger partial charge in [0.05, 0.1) is 0 Å². The van der Waals surface area contributed by atoms with Crippen LogP contribution in [0.25, 0.3) is 0 Å². The number of ether oxygens (including phenoxy) is 1. The molecule has 1 aliphatic rings. The van der Waals surface area contributed by atoms with Crippen LogP contribution >= 0.6 is 0 Å². The second kappa shape index (κ2) is 6.20. The summed E-state index contributed by atoms with van der Waals surface area (Å²) in [6, 6.07) is 7.70. The normalized spacial score (nSPS) is 19.9. The number of aryl methyl sites for hydroxylation is 1. The van der Waals surface area contributed by atoms with E-state index < -0.39 is 6.04 Å². The van der Waals surface area contributed by atoms with E-state index in [9.17, 15) is 4.79 Å². The van der Waals surface area contributed by atoms with E-state index in [0.717, 1.165) is 24.8 Å². The molecule has 1 aliphatic carbocycles. The van der Waals surface area contributed by atoms with E-state index in [1.54, 1.807) is 0 Å². The number of carbonyl (C=O) groups is 1. The van der Waals surface area contributed by atoms with Crippen LogP contribution < -0.4 is 5.73 Å². The molecule has 0 heterocycles. The second-order valence-electron chi connectivity index (χ2n) is 5.75. The van der Waals surface area contributed by atoms with Crippen LogP contribution in [0.4, 0.5) is 0 Å². The second-order valence-corrected chi connectivity index (χ2v) is 5.75. The summed E-state index contributed by atoms with van der Waals surface area (Å²) in [6.45, 7) is 4.12. The van der Waals surface area contributed by atoms with Gasteiger partial charge in [0, 0.05) is 0 Å². The van der Waals surface area contributed by atoms with Crippen LogP contribution in [0.3, 0.4) is 0 Å². The van der Waals surface area contributed by atoms with Gasteiger partial charge in [-0.3, -0.25) is 4.79 Å². The molecule has 19 heavy (non-hydrogen) atoms. The molecular weight excluding hydrogens is 238 g/mol. The van der Waals surface area contributed by atoms with Gasteiger partial charge in [-0.15, -0.1) is 0 Å². The van der Waals surface area contributed by atoms with Gasteiger partial charge in [0.1, 0.15) is 12.1 Å². The lowest BCUT2D eigenvalue weighted by Gasteiger charge is -2.26. The van der Waals surface area contributed by atoms with E-state index in [0.29, 0.717) is 12.3 Å². The summed E-state index contributed by atoms with van der Waals surface area (Å²) < 4.78 is 5.62. The Morgan fingerprint density at radius 2 is 2.16 bits per heavy atom. The Balaban J connectivity index is 2.02. The zero-order chi connectivity index (χ0) is 13.8. The first-order valence-electron chi connectivity index (χ1n) is 7.11. The number of nitrogens with two attached hydrogens (primary N) is 1. The molecule has 0 saturated carbocycles. The van der Waals surface area contributed by atoms with Crippen LogP contribution in [0.5, 0.6) is 0 Å². The molecule has 3 heteroatoms. The fourth-order valence-corrected chi connectivity index (χ4v) is 2.66. The Morgan fingerprint density at radius 3 is 2.89 bits per heavy atom. The van der Waals surface area contributed by atoms with E-state index in [4.69, 9.17) is 10.5 Å². The molecule has 3 nitrogen and oxygen atoms in total. The van der Waals surface area contributed by atoms with Crippen molar-refractivity contribution < 1.29 is 9.53 Å². The fraction of sp³-hybridized carbons (Fsp3) is 0.562. The molecule has 1 aromatic carbocycles. The molecule has 104 valence electrons. The Labute approximate surface area is 115 Å². The summed E-state index contributed by atoms with van der Waals surface area (Å²) >= 11 is 0. The first kappa shape index (κ1) is 14.1. The number of carbonyl (C=O) groups excluding carboxylic acids is 1. The molecule has 0 aliphatic heterocycles. The van der Waals surface area contributed by atoms with Crippen molar-refractivity contribution in [3.05, 3.63) is 35.4 Å². The van der Waals surface area contributed by atoms with Crippen molar-refractivity contribution >= 4 is 5.97 Å². The largest absolute Gasteiger partial charge is 0.456 e. The van der Waals surface area contributed by atoms with Crippen LogP contribution in [-0.4, -0.2) is 12.0 Å². The highest BCUT2D eigenvalue weighted by Crippen LogP contribution is 2.32. The first-order chi connectivity index (χ1) is 9.08. The lowest BCUT2D eigenvalue weighted by molar-refractivity contribution is -0.152. The van der Waals surface area contributed by atoms with Crippen molar-refractivity contribution in [2.45, 2.75) is 51.7 Å². The van der Waals surface area contributed by atoms with Crippen LogP contribution in [0.15, 0.2) is 24.3 Å². The maximum Gasteiger partial charge on any atom is 0.323 e. The Morgan fingerprint density at radius 1 is 1.42 bits per heavy atom. The van der Waals surface area contributed by atoms with Crippen LogP contribution in [-0.2, 0) is 16.0 Å². The topological polar surface area (TPSA) is 52.3 Å². The van der Waals surface area contributed by atoms with E-state index in [2.05, 4.69) is 26.0 Å². The third-order valence-electron chi connectivity index (χ3n) is 3.60. The third-order valence-corrected chi connectivity index (χ3v) is 3.60. The molecular formula is C16H23NO2. The summed E-state index contributed by atoms with van der Waals surface area (Å²) in [6.07, 6.45) is 3.59. The Kier molecular flexibility index (Phi) is 4.59. The van der Waals surface area contributed by atoms with Crippen molar-refractivity contribution in [2.75, 3.05) is 0 Å². The van der Waals surface area contributed by atoms with Gasteiger partial charge in [-0.05, 0) is 42.7 Å². The van der Waals surface area contributed by atoms with Gasteiger partial charge in [-0.2, -0.15) is 0 Å². The molecule has 2 rings (SSSR count). The molecule has 0 bridgehead atoms. The fourth-order valence-electron chi connectivity index (χ4n) is 2.66. The zero-order valence-corrected chi connectivity index (χ0v) is 11.8. The van der Waals surface area contributed by atoms with Crippen molar-refractivity contribution in [3.8, 4) is 0 Å². The molecule has 0 spiro atoms. The van der Waals surface area contributed by atoms with Crippen molar-refractivity contribution in [2.24, 2.45) is 11.7 Å². The molecule has 0 amide bonds. The van der Waals surface area contributed by atoms with Crippen LogP contribution in [0, 0.1) is 5.92 Å². The monoisotopic (exact) mass is 261 g/mol. The lowest BCUT2D eigenvalue weighted by atomic mass is 9.89. The van der Waals surface area contributed by atoms with Gasteiger partial charge in [-0.25, -0.2) is 0 Å². The van der Waals surface area contributed by atoms with Crippen LogP contribution in [0.1, 0.15) is 50.3 Å². The lowest BCUT2D eigenvalue weighted by Crippen LogP contribution is -2.34. The summed E-state index contributed by atoms with van der Waals surface area (Å²) in [5.74, 6) is 0.136. The van der Waals surface area contributed by atoms with E-state index >= 15 is 0 Å². The van der Waals surface area contributed by atoms with Gasteiger partial charge < -0.3 is 10.5 Å². The molecule has 2 N–H and O–H groups in total. The van der Waals surface area contributed by atoms with Gasteiger partial charge in [0.25, 0.3) is 0 Å². The average Bonchev–Trinajstić information content (AvgIpc) is 2.38. The summed E-state index contributed by atoms with van der Waals surface area (Å²) in [5.41, 5.74) is 8.33. The molecule has 0 saturated heterocycles. The highest BCUT2D eigenvalue weighted by Gasteiger charge is 2.25. The minimum absolute atomic E-state index is 0.115. The zero-order valence-electron chi connectivity index (χ0n) is 11.8. The number of fused-ring (bicyclic) bond motifs is 1. The smallest absolute Gasteiger partial charge is 0.323 e. The molecule has 1 unspecified atom stereocenters. The quantitative estimate of drug-likeness (QED) is 0.848. The number of rotatable bonds is 4. The summed E-state index contributed by atoms with van der Waals surface area (Å²) in [4.78, 5) is 12.0. The van der Waals surface area contributed by atoms with Gasteiger partial charge in [0.2, 0.25) is 0 Å². The standard InChI is InChI=1S/C16H23NO2/c1-11(2)10-14(17)16(18)19-15-9-5-7-12-6-3-4-8-13(12)15/h3-4,6,8,11,14-15H,5,7,9-10,17H2,1-2H3/t14-,15?/m0/s1. The van der Waals surface area contributed by atoms with E-state index in [1.165, 1.54) is 5.56 Å². The van der Waals surface area contributed by atoms with Gasteiger partial charge in [0.15, 0.2) is 0 Å². The minimum atomic E-state index is -0.505. The molecule has 0 radical (unpaired) electrons. The summed E-state index contributed by atoms with van der Waals surface area (Å²) in [5, 5.41) is 0. The molecule has 0 fully saturated rings. The number of benzene rings is 1. The minimum Gasteiger partial charge on any atom is -0.456 e. The predicted molar refractivity (Wildman–Crippen MR) is 75.6 cm³/mol. The van der Waals surface area contributed by atoms with E-state index in [1.807, 2.05) is 12.1 Å². The van der Waals surface area contributed by atoms with E-state index in [-0.39, 0.29) is 12.1 Å². The number of hydrogen-bond acceptors (Lipinski definition) is 3. The van der Waals surface area contributed by atoms with Crippen molar-refractivity contribution in [3.63, 3.8) is 0 Å². The van der Waals surface area contributed by atoms with Crippen molar-refractivity contribution in [1.29, 1.82) is 0 Å². The molecule has 0 aromatic heterocycles. The molecule has 2 atom stereocenters. The number of hydrogen-bond donors (Lipinski definition) is 1. The maximum atomic E-state index is 12.0. The number of esters is 1. The highest BCUT2D eigenvalue weighted by molar-refractivity contribution is 5.75. The Hall–Kier alpha value is -1.35. The first-order valence-corrected chi connectivity index (χ1v) is 7.11. The van der Waals surface area contributed by atoms with Crippen LogP contribution in [0.2, 0.25) is 0 Å². The SMILES string of the molecule is CC(C)C[C@H](N)C(=O)OC1CCCc2ccccc21. The van der Waals surface area contributed by atoms with Gasteiger partial charge >= 0.3 is 5.97 Å².